The zero-order chi connectivity index (χ0) is 13.3. The predicted molar refractivity (Wildman–Crippen MR) is 69.1 cm³/mol. The summed E-state index contributed by atoms with van der Waals surface area (Å²) in [7, 11) is 0. The smallest absolute Gasteiger partial charge is 0.343 e. The number of ether oxygens (including phenoxy) is 1. The average Bonchev–Trinajstić information content (AvgIpc) is 2.68. The van der Waals surface area contributed by atoms with Crippen LogP contribution in [-0.2, 0) is 11.3 Å². The molecule has 0 saturated carbocycles. The Labute approximate surface area is 107 Å². The van der Waals surface area contributed by atoms with E-state index in [0.29, 0.717) is 10.2 Å². The van der Waals surface area contributed by atoms with Crippen LogP contribution in [0, 0.1) is 6.92 Å². The Morgan fingerprint density at radius 2 is 2.28 bits per heavy atom. The third kappa shape index (κ3) is 1.93. The van der Waals surface area contributed by atoms with Crippen LogP contribution in [0.25, 0.3) is 10.2 Å². The van der Waals surface area contributed by atoms with E-state index >= 15 is 0 Å². The lowest BCUT2D eigenvalue weighted by atomic mass is 10.2. The van der Waals surface area contributed by atoms with Gasteiger partial charge in [0.25, 0.3) is 0 Å². The molecule has 2 aromatic heterocycles. The van der Waals surface area contributed by atoms with Crippen LogP contribution in [0.2, 0.25) is 0 Å². The van der Waals surface area contributed by atoms with Crippen LogP contribution in [0.3, 0.4) is 0 Å². The molecule has 0 aliphatic carbocycles. The SMILES string of the molecule is CCOC(=O)c1c[nH]c2c(C)c(CO)sc2c1=O. The van der Waals surface area contributed by atoms with E-state index < -0.39 is 5.97 Å². The summed E-state index contributed by atoms with van der Waals surface area (Å²) in [6.07, 6.45) is 1.36. The molecule has 0 aliphatic heterocycles. The van der Waals surface area contributed by atoms with Gasteiger partial charge < -0.3 is 14.8 Å². The van der Waals surface area contributed by atoms with E-state index in [0.717, 1.165) is 10.4 Å². The van der Waals surface area contributed by atoms with Gasteiger partial charge in [-0.1, -0.05) is 0 Å². The van der Waals surface area contributed by atoms with Crippen LogP contribution in [0.1, 0.15) is 27.7 Å². The second-order valence-electron chi connectivity index (χ2n) is 3.76. The lowest BCUT2D eigenvalue weighted by molar-refractivity contribution is 0.0524. The minimum atomic E-state index is -0.628. The number of aromatic nitrogens is 1. The predicted octanol–water partition coefficient (Wildman–Crippen LogP) is 1.57. The molecule has 2 rings (SSSR count). The van der Waals surface area contributed by atoms with E-state index in [-0.39, 0.29) is 24.2 Å². The quantitative estimate of drug-likeness (QED) is 0.827. The van der Waals surface area contributed by atoms with Crippen LogP contribution < -0.4 is 5.43 Å². The number of thiophene rings is 1. The normalized spacial score (nSPS) is 10.8. The summed E-state index contributed by atoms with van der Waals surface area (Å²) in [6.45, 7) is 3.61. The molecule has 0 saturated heterocycles. The molecular weight excluding hydrogens is 254 g/mol. The highest BCUT2D eigenvalue weighted by atomic mass is 32.1. The van der Waals surface area contributed by atoms with Crippen LogP contribution >= 0.6 is 11.3 Å². The number of aromatic amines is 1. The zero-order valence-corrected chi connectivity index (χ0v) is 10.9. The van der Waals surface area contributed by atoms with Gasteiger partial charge in [-0.05, 0) is 19.4 Å². The summed E-state index contributed by atoms with van der Waals surface area (Å²) < 4.78 is 5.26. The Hall–Kier alpha value is -1.66. The fourth-order valence-corrected chi connectivity index (χ4v) is 2.82. The van der Waals surface area contributed by atoms with Crippen molar-refractivity contribution < 1.29 is 14.6 Å². The number of carbonyl (C=O) groups excluding carboxylic acids is 1. The fourth-order valence-electron chi connectivity index (χ4n) is 1.74. The number of pyridine rings is 1. The van der Waals surface area contributed by atoms with Gasteiger partial charge in [0.1, 0.15) is 5.56 Å². The van der Waals surface area contributed by atoms with Gasteiger partial charge in [-0.25, -0.2) is 4.79 Å². The summed E-state index contributed by atoms with van der Waals surface area (Å²) >= 11 is 1.20. The van der Waals surface area contributed by atoms with E-state index in [1.807, 2.05) is 6.92 Å². The first kappa shape index (κ1) is 12.8. The number of H-pyrrole nitrogens is 1. The van der Waals surface area contributed by atoms with Crippen molar-refractivity contribution in [1.82, 2.24) is 4.98 Å². The van der Waals surface area contributed by atoms with E-state index in [4.69, 9.17) is 4.74 Å². The molecule has 0 radical (unpaired) electrons. The van der Waals surface area contributed by atoms with E-state index in [1.54, 1.807) is 6.92 Å². The number of nitrogens with one attached hydrogen (secondary N) is 1. The first-order chi connectivity index (χ1) is 8.60. The second kappa shape index (κ2) is 4.91. The molecule has 0 fully saturated rings. The Morgan fingerprint density at radius 1 is 1.56 bits per heavy atom. The molecular formula is C12H13NO4S. The number of aryl methyl sites for hydroxylation is 1. The Bertz CT molecular complexity index is 656. The molecule has 96 valence electrons. The van der Waals surface area contributed by atoms with Crippen molar-refractivity contribution in [3.63, 3.8) is 0 Å². The van der Waals surface area contributed by atoms with E-state index in [1.165, 1.54) is 17.5 Å². The van der Waals surface area contributed by atoms with E-state index in [2.05, 4.69) is 4.98 Å². The second-order valence-corrected chi connectivity index (χ2v) is 4.87. The highest BCUT2D eigenvalue weighted by Crippen LogP contribution is 2.27. The summed E-state index contributed by atoms with van der Waals surface area (Å²) in [5.74, 6) is -0.628. The molecule has 5 nitrogen and oxygen atoms in total. The van der Waals surface area contributed by atoms with Crippen molar-refractivity contribution in [2.75, 3.05) is 6.61 Å². The van der Waals surface area contributed by atoms with Crippen LogP contribution in [-0.4, -0.2) is 22.7 Å². The van der Waals surface area contributed by atoms with Gasteiger partial charge in [-0.3, -0.25) is 4.79 Å². The summed E-state index contributed by atoms with van der Waals surface area (Å²) in [4.78, 5) is 27.4. The van der Waals surface area contributed by atoms with Crippen molar-refractivity contribution in [1.29, 1.82) is 0 Å². The number of aliphatic hydroxyl groups is 1. The molecule has 0 aromatic carbocycles. The molecule has 2 aromatic rings. The number of aliphatic hydroxyl groups excluding tert-OH is 1. The molecule has 0 amide bonds. The standard InChI is InChI=1S/C12H13NO4S/c1-3-17-12(16)7-4-13-9-6(2)8(5-14)18-11(9)10(7)15/h4,14H,3,5H2,1-2H3,(H,13,15). The van der Waals surface area contributed by atoms with Crippen LogP contribution in [0.15, 0.2) is 11.0 Å². The third-order valence-corrected chi connectivity index (χ3v) is 3.97. The highest BCUT2D eigenvalue weighted by molar-refractivity contribution is 7.19. The van der Waals surface area contributed by atoms with Gasteiger partial charge in [-0.15, -0.1) is 11.3 Å². The number of hydrogen-bond acceptors (Lipinski definition) is 5. The Morgan fingerprint density at radius 3 is 2.89 bits per heavy atom. The largest absolute Gasteiger partial charge is 0.462 e. The molecule has 0 bridgehead atoms. The maximum absolute atomic E-state index is 12.1. The molecule has 6 heteroatoms. The van der Waals surface area contributed by atoms with Gasteiger partial charge in [-0.2, -0.15) is 0 Å². The number of carbonyl (C=O) groups is 1. The minimum absolute atomic E-state index is 0.00455. The number of rotatable bonds is 3. The minimum Gasteiger partial charge on any atom is -0.462 e. The van der Waals surface area contributed by atoms with Crippen LogP contribution in [0.4, 0.5) is 0 Å². The molecule has 0 aliphatic rings. The van der Waals surface area contributed by atoms with Gasteiger partial charge in [0, 0.05) is 11.1 Å². The van der Waals surface area contributed by atoms with Crippen LogP contribution in [0.5, 0.6) is 0 Å². The zero-order valence-electron chi connectivity index (χ0n) is 10.1. The maximum atomic E-state index is 12.1. The monoisotopic (exact) mass is 267 g/mol. The van der Waals surface area contributed by atoms with Gasteiger partial charge >= 0.3 is 5.97 Å². The average molecular weight is 267 g/mol. The topological polar surface area (TPSA) is 79.4 Å². The summed E-state index contributed by atoms with van der Waals surface area (Å²) in [6, 6.07) is 0. The summed E-state index contributed by atoms with van der Waals surface area (Å²) in [5.41, 5.74) is 1.15. The van der Waals surface area contributed by atoms with E-state index in [9.17, 15) is 14.7 Å². The first-order valence-corrected chi connectivity index (χ1v) is 6.33. The Balaban J connectivity index is 2.65. The molecule has 0 spiro atoms. The maximum Gasteiger partial charge on any atom is 0.343 e. The fraction of sp³-hybridized carbons (Fsp3) is 0.333. The van der Waals surface area contributed by atoms with Crippen molar-refractivity contribution >= 4 is 27.5 Å². The lowest BCUT2D eigenvalue weighted by Crippen LogP contribution is -2.17. The Kier molecular flexibility index (Phi) is 3.49. The third-order valence-electron chi connectivity index (χ3n) is 2.70. The molecule has 0 unspecified atom stereocenters. The summed E-state index contributed by atoms with van der Waals surface area (Å²) in [5, 5.41) is 9.18. The molecule has 18 heavy (non-hydrogen) atoms. The highest BCUT2D eigenvalue weighted by Gasteiger charge is 2.17. The van der Waals surface area contributed by atoms with Crippen molar-refractivity contribution in [3.8, 4) is 0 Å². The molecule has 2 heterocycles. The van der Waals surface area contributed by atoms with Gasteiger partial charge in [0.2, 0.25) is 5.43 Å². The number of esters is 1. The van der Waals surface area contributed by atoms with Crippen molar-refractivity contribution in [2.24, 2.45) is 0 Å². The first-order valence-electron chi connectivity index (χ1n) is 5.51. The van der Waals surface area contributed by atoms with Gasteiger partial charge in [0.05, 0.1) is 23.4 Å². The molecule has 2 N–H and O–H groups in total. The van der Waals surface area contributed by atoms with Crippen molar-refractivity contribution in [2.45, 2.75) is 20.5 Å². The van der Waals surface area contributed by atoms with Crippen molar-refractivity contribution in [3.05, 3.63) is 32.4 Å². The lowest BCUT2D eigenvalue weighted by Gasteiger charge is -2.01. The number of hydrogen-bond donors (Lipinski definition) is 2. The molecule has 0 atom stereocenters. The van der Waals surface area contributed by atoms with Gasteiger partial charge in [0.15, 0.2) is 0 Å². The number of fused-ring (bicyclic) bond motifs is 1.